The van der Waals surface area contributed by atoms with Crippen molar-refractivity contribution < 1.29 is 9.90 Å². The van der Waals surface area contributed by atoms with Gasteiger partial charge < -0.3 is 15.0 Å². The van der Waals surface area contributed by atoms with E-state index >= 15 is 0 Å². The van der Waals surface area contributed by atoms with Gasteiger partial charge in [0.2, 0.25) is 0 Å². The second-order valence-electron chi connectivity index (χ2n) is 6.16. The van der Waals surface area contributed by atoms with Crippen molar-refractivity contribution in [2.75, 3.05) is 32.7 Å². The van der Waals surface area contributed by atoms with Gasteiger partial charge in [-0.1, -0.05) is 0 Å². The Labute approximate surface area is 134 Å². The van der Waals surface area contributed by atoms with Crippen LogP contribution in [0.4, 0.5) is 0 Å². The number of hydrogen-bond donors (Lipinski definition) is 2. The van der Waals surface area contributed by atoms with E-state index in [1.807, 2.05) is 4.90 Å². The lowest BCUT2D eigenvalue weighted by atomic mass is 10.1. The zero-order valence-corrected chi connectivity index (χ0v) is 13.5. The summed E-state index contributed by atoms with van der Waals surface area (Å²) >= 11 is 0. The number of aryl methyl sites for hydroxylation is 1. The maximum absolute atomic E-state index is 12.6. The Morgan fingerprint density at radius 3 is 2.65 bits per heavy atom. The van der Waals surface area contributed by atoms with Crippen LogP contribution in [-0.4, -0.2) is 69.2 Å². The van der Waals surface area contributed by atoms with Crippen molar-refractivity contribution in [3.05, 3.63) is 34.2 Å². The van der Waals surface area contributed by atoms with E-state index in [-0.39, 0.29) is 17.7 Å². The maximum Gasteiger partial charge on any atom is 0.326 e. The summed E-state index contributed by atoms with van der Waals surface area (Å²) in [5, 5.41) is 9.43. The van der Waals surface area contributed by atoms with Crippen LogP contribution in [0.2, 0.25) is 0 Å². The molecular weight excluding hydrogens is 296 g/mol. The summed E-state index contributed by atoms with van der Waals surface area (Å²) in [5.74, 6) is -0.0201. The molecule has 0 spiro atoms. The highest BCUT2D eigenvalue weighted by Crippen LogP contribution is 2.15. The van der Waals surface area contributed by atoms with Gasteiger partial charge in [-0.3, -0.25) is 14.3 Å². The van der Waals surface area contributed by atoms with E-state index in [2.05, 4.69) is 9.88 Å². The number of piperazine rings is 1. The number of H-pyrrole nitrogens is 1. The van der Waals surface area contributed by atoms with Gasteiger partial charge in [0.05, 0.1) is 17.1 Å². The zero-order valence-electron chi connectivity index (χ0n) is 13.5. The number of nitrogens with one attached hydrogen (secondary N) is 1. The molecule has 0 bridgehead atoms. The molecule has 0 radical (unpaired) electrons. The number of imidazole rings is 1. The fourth-order valence-electron chi connectivity index (χ4n) is 3.06. The van der Waals surface area contributed by atoms with Gasteiger partial charge in [-0.2, -0.15) is 0 Å². The van der Waals surface area contributed by atoms with Crippen molar-refractivity contribution >= 4 is 16.9 Å². The van der Waals surface area contributed by atoms with E-state index in [1.54, 1.807) is 32.2 Å². The highest BCUT2D eigenvalue weighted by Gasteiger charge is 2.23. The van der Waals surface area contributed by atoms with Crippen LogP contribution in [0.3, 0.4) is 0 Å². The molecule has 1 aliphatic heterocycles. The first-order valence-electron chi connectivity index (χ1n) is 7.84. The van der Waals surface area contributed by atoms with Crippen LogP contribution in [0, 0.1) is 0 Å². The molecule has 2 N–H and O–H groups in total. The minimum Gasteiger partial charge on any atom is -0.392 e. The number of rotatable bonds is 3. The Balaban J connectivity index is 1.73. The standard InChI is InChI=1S/C16H22N4O3/c1-11(21)10-19-5-7-20(8-6-19)15(22)12-3-4-14-13(9-12)17-16(23)18(14)2/h3-4,9,11,21H,5-8,10H2,1-2H3,(H,17,23)/t11-/m1/s1. The summed E-state index contributed by atoms with van der Waals surface area (Å²) in [6.07, 6.45) is -0.352. The molecule has 7 heteroatoms. The molecule has 2 heterocycles. The highest BCUT2D eigenvalue weighted by atomic mass is 16.3. The Kier molecular flexibility index (Phi) is 4.23. The van der Waals surface area contributed by atoms with Crippen LogP contribution in [0.5, 0.6) is 0 Å². The molecule has 3 rings (SSSR count). The predicted octanol–water partition coefficient (Wildman–Crippen LogP) is 0.00520. The number of aromatic nitrogens is 2. The second-order valence-corrected chi connectivity index (χ2v) is 6.16. The number of hydrogen-bond acceptors (Lipinski definition) is 4. The number of aliphatic hydroxyl groups excluding tert-OH is 1. The number of aromatic amines is 1. The van der Waals surface area contributed by atoms with Crippen LogP contribution in [0.25, 0.3) is 11.0 Å². The molecule has 0 aliphatic carbocycles. The predicted molar refractivity (Wildman–Crippen MR) is 87.6 cm³/mol. The van der Waals surface area contributed by atoms with Crippen LogP contribution >= 0.6 is 0 Å². The van der Waals surface area contributed by atoms with E-state index in [4.69, 9.17) is 0 Å². The lowest BCUT2D eigenvalue weighted by molar-refractivity contribution is 0.0554. The first-order valence-corrected chi connectivity index (χ1v) is 7.84. The van der Waals surface area contributed by atoms with Gasteiger partial charge in [-0.15, -0.1) is 0 Å². The Hall–Kier alpha value is -2.12. The third-order valence-corrected chi connectivity index (χ3v) is 4.33. The summed E-state index contributed by atoms with van der Waals surface area (Å²) in [6.45, 7) is 5.23. The second kappa shape index (κ2) is 6.17. The van der Waals surface area contributed by atoms with Gasteiger partial charge in [0, 0.05) is 45.3 Å². The number of benzene rings is 1. The minimum atomic E-state index is -0.352. The lowest BCUT2D eigenvalue weighted by Crippen LogP contribution is -2.50. The number of fused-ring (bicyclic) bond motifs is 1. The quantitative estimate of drug-likeness (QED) is 0.835. The smallest absolute Gasteiger partial charge is 0.326 e. The van der Waals surface area contributed by atoms with Gasteiger partial charge in [0.15, 0.2) is 0 Å². The first-order chi connectivity index (χ1) is 11.0. The largest absolute Gasteiger partial charge is 0.392 e. The summed E-state index contributed by atoms with van der Waals surface area (Å²) in [6, 6.07) is 5.30. The Morgan fingerprint density at radius 2 is 2.00 bits per heavy atom. The first kappa shape index (κ1) is 15.8. The molecule has 0 unspecified atom stereocenters. The average molecular weight is 318 g/mol. The van der Waals surface area contributed by atoms with E-state index in [0.29, 0.717) is 30.7 Å². The van der Waals surface area contributed by atoms with Crippen LogP contribution in [0.15, 0.2) is 23.0 Å². The van der Waals surface area contributed by atoms with Crippen molar-refractivity contribution in [2.45, 2.75) is 13.0 Å². The lowest BCUT2D eigenvalue weighted by Gasteiger charge is -2.35. The van der Waals surface area contributed by atoms with Crippen molar-refractivity contribution in [1.82, 2.24) is 19.4 Å². The van der Waals surface area contributed by atoms with Gasteiger partial charge in [0.1, 0.15) is 0 Å². The molecule has 2 aromatic rings. The number of β-amino-alcohol motifs (C(OH)–C–C–N with tert-alkyl or cyclic N) is 1. The summed E-state index contributed by atoms with van der Waals surface area (Å²) < 4.78 is 1.53. The number of nitrogens with zero attached hydrogens (tertiary/aromatic N) is 3. The normalized spacial score (nSPS) is 17.6. The summed E-state index contributed by atoms with van der Waals surface area (Å²) in [7, 11) is 1.70. The molecule has 1 atom stereocenters. The SMILES string of the molecule is C[C@@H](O)CN1CCN(C(=O)c2ccc3c(c2)[nH]c(=O)n3C)CC1. The molecule has 1 amide bonds. The van der Waals surface area contributed by atoms with E-state index < -0.39 is 0 Å². The third-order valence-electron chi connectivity index (χ3n) is 4.33. The molecule has 1 aromatic heterocycles. The van der Waals surface area contributed by atoms with Crippen molar-refractivity contribution in [2.24, 2.45) is 7.05 Å². The minimum absolute atomic E-state index is 0.0201. The summed E-state index contributed by atoms with van der Waals surface area (Å²) in [5.41, 5.74) is 1.86. The van der Waals surface area contributed by atoms with Crippen LogP contribution in [0.1, 0.15) is 17.3 Å². The molecule has 1 aromatic carbocycles. The van der Waals surface area contributed by atoms with E-state index in [0.717, 1.165) is 18.6 Å². The highest BCUT2D eigenvalue weighted by molar-refractivity contribution is 5.97. The van der Waals surface area contributed by atoms with Gasteiger partial charge in [-0.05, 0) is 25.1 Å². The maximum atomic E-state index is 12.6. The van der Waals surface area contributed by atoms with Gasteiger partial charge >= 0.3 is 5.69 Å². The molecule has 7 nitrogen and oxygen atoms in total. The number of amides is 1. The van der Waals surface area contributed by atoms with Crippen molar-refractivity contribution in [1.29, 1.82) is 0 Å². The fourth-order valence-corrected chi connectivity index (χ4v) is 3.06. The molecular formula is C16H22N4O3. The summed E-state index contributed by atoms with van der Waals surface area (Å²) in [4.78, 5) is 31.0. The Bertz CT molecular complexity index is 769. The molecule has 1 fully saturated rings. The van der Waals surface area contributed by atoms with Gasteiger partial charge in [-0.25, -0.2) is 4.79 Å². The molecule has 124 valence electrons. The van der Waals surface area contributed by atoms with Crippen LogP contribution in [-0.2, 0) is 7.05 Å². The van der Waals surface area contributed by atoms with Crippen molar-refractivity contribution in [3.8, 4) is 0 Å². The average Bonchev–Trinajstić information content (AvgIpc) is 2.81. The van der Waals surface area contributed by atoms with Crippen molar-refractivity contribution in [3.63, 3.8) is 0 Å². The zero-order chi connectivity index (χ0) is 16.6. The topological polar surface area (TPSA) is 81.6 Å². The monoisotopic (exact) mass is 318 g/mol. The third kappa shape index (κ3) is 3.16. The molecule has 23 heavy (non-hydrogen) atoms. The molecule has 1 saturated heterocycles. The number of aliphatic hydroxyl groups is 1. The van der Waals surface area contributed by atoms with Gasteiger partial charge in [0.25, 0.3) is 5.91 Å². The molecule has 0 saturated carbocycles. The van der Waals surface area contributed by atoms with Crippen LogP contribution < -0.4 is 5.69 Å². The van der Waals surface area contributed by atoms with E-state index in [9.17, 15) is 14.7 Å². The Morgan fingerprint density at radius 1 is 1.30 bits per heavy atom. The fraction of sp³-hybridized carbons (Fsp3) is 0.500. The number of carbonyl (C=O) groups is 1. The number of carbonyl (C=O) groups excluding carboxylic acids is 1. The van der Waals surface area contributed by atoms with E-state index in [1.165, 1.54) is 4.57 Å². The molecule has 1 aliphatic rings.